The van der Waals surface area contributed by atoms with E-state index in [1.54, 1.807) is 15.7 Å². The predicted octanol–water partition coefficient (Wildman–Crippen LogP) is 4.76. The van der Waals surface area contributed by atoms with Gasteiger partial charge in [-0.2, -0.15) is 13.2 Å². The van der Waals surface area contributed by atoms with Crippen molar-refractivity contribution in [2.24, 2.45) is 5.92 Å². The summed E-state index contributed by atoms with van der Waals surface area (Å²) in [7, 11) is 0. The number of aromatic amines is 1. The molecule has 282 valence electrons. The number of anilines is 1. The number of likely N-dealkylation sites (tertiary alicyclic amines) is 1. The molecule has 0 radical (unpaired) electrons. The van der Waals surface area contributed by atoms with Crippen molar-refractivity contribution < 1.29 is 27.5 Å². The number of imidazole rings is 1. The lowest BCUT2D eigenvalue weighted by molar-refractivity contribution is -0.143. The molecule has 16 heteroatoms. The third kappa shape index (κ3) is 6.94. The number of rotatable bonds is 6. The van der Waals surface area contributed by atoms with Crippen LogP contribution in [0.15, 0.2) is 47.4 Å². The molecule has 1 unspecified atom stereocenters. The number of nitrogens with two attached hydrogens (primary N) is 1. The second-order valence-corrected chi connectivity index (χ2v) is 15.1. The molecule has 2 aromatic heterocycles. The Hall–Kier alpha value is -4.34. The number of nitrogen functional groups attached to an aromatic ring is 1. The lowest BCUT2D eigenvalue weighted by Crippen LogP contribution is -2.62. The number of carbonyl (C=O) groups excluding carboxylic acids is 2. The zero-order valence-corrected chi connectivity index (χ0v) is 29.9. The number of nitrogens with one attached hydrogen (secondary N) is 1. The van der Waals surface area contributed by atoms with Gasteiger partial charge in [-0.25, -0.2) is 9.59 Å². The molecule has 3 N–H and O–H groups in total. The van der Waals surface area contributed by atoms with Gasteiger partial charge in [0, 0.05) is 69.7 Å². The molecular formula is C37H42ClF3N8O4. The number of amides is 2. The second kappa shape index (κ2) is 14.1. The van der Waals surface area contributed by atoms with E-state index in [-0.39, 0.29) is 41.8 Å². The zero-order valence-electron chi connectivity index (χ0n) is 29.2. The molecule has 5 saturated heterocycles. The first-order chi connectivity index (χ1) is 25.4. The van der Waals surface area contributed by atoms with Gasteiger partial charge < -0.3 is 30.2 Å². The Kier molecular flexibility index (Phi) is 9.52. The van der Waals surface area contributed by atoms with Crippen LogP contribution < -0.4 is 11.4 Å². The Labute approximate surface area is 308 Å². The van der Waals surface area contributed by atoms with Gasteiger partial charge in [0.25, 0.3) is 5.91 Å². The fraction of sp³-hybridized carbons (Fsp3) is 0.514. The third-order valence-corrected chi connectivity index (χ3v) is 12.0. The Balaban J connectivity index is 0.976. The maximum Gasteiger partial charge on any atom is 0.418 e. The number of para-hydroxylation sites is 1. The fourth-order valence-corrected chi connectivity index (χ4v) is 9.07. The number of hydrogen-bond donors (Lipinski definition) is 2. The van der Waals surface area contributed by atoms with E-state index in [2.05, 4.69) is 19.8 Å². The average molecular weight is 755 g/mol. The molecule has 53 heavy (non-hydrogen) atoms. The summed E-state index contributed by atoms with van der Waals surface area (Å²) in [6.45, 7) is 5.94. The molecule has 0 saturated carbocycles. The summed E-state index contributed by atoms with van der Waals surface area (Å²) < 4.78 is 49.2. The highest BCUT2D eigenvalue weighted by Gasteiger charge is 2.41. The Morgan fingerprint density at radius 1 is 0.981 bits per heavy atom. The number of nitrogens with zero attached hydrogens (tertiary/aromatic N) is 6. The maximum absolute atomic E-state index is 14.1. The summed E-state index contributed by atoms with van der Waals surface area (Å²) in [5.74, 6) is 0.178. The largest absolute Gasteiger partial charge is 0.436 e. The van der Waals surface area contributed by atoms with Gasteiger partial charge in [-0.05, 0) is 68.5 Å². The van der Waals surface area contributed by atoms with Crippen LogP contribution in [0, 0.1) is 5.92 Å². The molecule has 0 spiro atoms. The summed E-state index contributed by atoms with van der Waals surface area (Å²) in [5.41, 5.74) is 5.91. The number of fused-ring (bicyclic) bond motifs is 6. The molecule has 2 bridgehead atoms. The number of benzene rings is 2. The minimum absolute atomic E-state index is 0.0761. The van der Waals surface area contributed by atoms with Crippen LogP contribution >= 0.6 is 11.6 Å². The maximum atomic E-state index is 14.1. The van der Waals surface area contributed by atoms with Gasteiger partial charge in [-0.15, -0.1) is 0 Å². The van der Waals surface area contributed by atoms with E-state index in [1.165, 1.54) is 23.8 Å². The van der Waals surface area contributed by atoms with Crippen LogP contribution in [0.3, 0.4) is 0 Å². The molecule has 4 aromatic rings. The van der Waals surface area contributed by atoms with Gasteiger partial charge in [-0.3, -0.25) is 19.2 Å². The first kappa shape index (κ1) is 35.7. The first-order valence-corrected chi connectivity index (χ1v) is 18.7. The van der Waals surface area contributed by atoms with Gasteiger partial charge in [0.05, 0.1) is 39.0 Å². The molecule has 5 aliphatic rings. The number of halogens is 4. The Morgan fingerprint density at radius 2 is 1.70 bits per heavy atom. The van der Waals surface area contributed by atoms with Crippen LogP contribution in [0.25, 0.3) is 21.9 Å². The van der Waals surface area contributed by atoms with Crippen molar-refractivity contribution in [3.63, 3.8) is 0 Å². The van der Waals surface area contributed by atoms with E-state index in [0.29, 0.717) is 62.0 Å². The number of alkyl halides is 3. The molecule has 5 aliphatic heterocycles. The average Bonchev–Trinajstić information content (AvgIpc) is 3.51. The van der Waals surface area contributed by atoms with Crippen LogP contribution in [0.4, 0.5) is 23.7 Å². The van der Waals surface area contributed by atoms with E-state index in [1.807, 2.05) is 24.3 Å². The Bertz CT molecular complexity index is 2080. The highest BCUT2D eigenvalue weighted by Crippen LogP contribution is 2.38. The van der Waals surface area contributed by atoms with Gasteiger partial charge >= 0.3 is 18.0 Å². The molecule has 7 heterocycles. The molecule has 12 nitrogen and oxygen atoms in total. The summed E-state index contributed by atoms with van der Waals surface area (Å²) in [5, 5.41) is 0.541. The van der Waals surface area contributed by atoms with Crippen LogP contribution in [0.2, 0.25) is 5.02 Å². The third-order valence-electron chi connectivity index (χ3n) is 11.7. The van der Waals surface area contributed by atoms with Crippen molar-refractivity contribution in [2.75, 3.05) is 64.6 Å². The molecule has 5 fully saturated rings. The minimum atomic E-state index is -4.77. The van der Waals surface area contributed by atoms with Crippen molar-refractivity contribution >= 4 is 51.2 Å². The normalized spacial score (nSPS) is 23.5. The van der Waals surface area contributed by atoms with Crippen LogP contribution in [-0.4, -0.2) is 117 Å². The van der Waals surface area contributed by atoms with Crippen LogP contribution in [0.5, 0.6) is 0 Å². The SMILES string of the molecule is Nc1c(Cl)cc(C[C@@H](OC(=O)N2CCC(n3c(=O)[nH]c4c5ccccc5ncc43)CC2)C(=O)N2CCN(C3CN4CCC3CC4)CC2)cc1C(F)(F)F. The highest BCUT2D eigenvalue weighted by molar-refractivity contribution is 6.33. The smallest absolute Gasteiger partial charge is 0.418 e. The monoisotopic (exact) mass is 754 g/mol. The van der Waals surface area contributed by atoms with E-state index < -0.39 is 35.5 Å². The fourth-order valence-electron chi connectivity index (χ4n) is 8.83. The van der Waals surface area contributed by atoms with E-state index in [9.17, 15) is 27.6 Å². The first-order valence-electron chi connectivity index (χ1n) is 18.3. The van der Waals surface area contributed by atoms with Gasteiger partial charge in [0.15, 0.2) is 6.10 Å². The zero-order chi connectivity index (χ0) is 37.0. The van der Waals surface area contributed by atoms with Crippen molar-refractivity contribution in [1.82, 2.24) is 34.1 Å². The van der Waals surface area contributed by atoms with E-state index >= 15 is 0 Å². The summed E-state index contributed by atoms with van der Waals surface area (Å²) in [6, 6.07) is 9.93. The van der Waals surface area contributed by atoms with Crippen molar-refractivity contribution in [3.05, 3.63) is 69.2 Å². The molecule has 0 aliphatic carbocycles. The molecule has 2 amide bonds. The van der Waals surface area contributed by atoms with Crippen molar-refractivity contribution in [3.8, 4) is 0 Å². The van der Waals surface area contributed by atoms with Crippen LogP contribution in [-0.2, 0) is 22.1 Å². The quantitative estimate of drug-likeness (QED) is 0.270. The van der Waals surface area contributed by atoms with E-state index in [0.717, 1.165) is 36.6 Å². The topological polar surface area (TPSA) is 133 Å². The van der Waals surface area contributed by atoms with Gasteiger partial charge in [-0.1, -0.05) is 29.8 Å². The lowest BCUT2D eigenvalue weighted by Gasteiger charge is -2.51. The number of pyridine rings is 1. The number of hydrogen-bond acceptors (Lipinski definition) is 8. The predicted molar refractivity (Wildman–Crippen MR) is 194 cm³/mol. The number of aromatic nitrogens is 3. The summed E-state index contributed by atoms with van der Waals surface area (Å²) in [4.78, 5) is 56.5. The Morgan fingerprint density at radius 3 is 2.38 bits per heavy atom. The van der Waals surface area contributed by atoms with Gasteiger partial charge in [0.2, 0.25) is 0 Å². The van der Waals surface area contributed by atoms with Gasteiger partial charge in [0.1, 0.15) is 0 Å². The summed E-state index contributed by atoms with van der Waals surface area (Å²) in [6.07, 6.45) is -2.30. The molecule has 2 atom stereocenters. The lowest BCUT2D eigenvalue weighted by atomic mass is 9.83. The minimum Gasteiger partial charge on any atom is -0.436 e. The molecular weight excluding hydrogens is 713 g/mol. The standard InChI is InChI=1S/C37H42ClF3N8O4/c38-27-18-22(17-26(32(27)42)37(39,40)41)19-31(34(50)47-15-13-46(14-16-47)30-21-45-9-5-23(30)6-10-45)53-36(52)48-11-7-24(8-12-48)49-29-20-43-28-4-2-1-3-25(28)33(29)44-35(49)51/h1-4,17-18,20,23-24,30-31H,5-16,19,21,42H2,(H,44,51)/t30?,31-/m1/s1. The molecule has 2 aromatic carbocycles. The van der Waals surface area contributed by atoms with E-state index in [4.69, 9.17) is 22.1 Å². The second-order valence-electron chi connectivity index (χ2n) is 14.7. The van der Waals surface area contributed by atoms with Crippen molar-refractivity contribution in [1.29, 1.82) is 0 Å². The number of piperazine rings is 1. The summed E-state index contributed by atoms with van der Waals surface area (Å²) >= 11 is 6.14. The van der Waals surface area contributed by atoms with Crippen molar-refractivity contribution in [2.45, 2.75) is 56.5 Å². The molecule has 9 rings (SSSR count). The number of H-pyrrole nitrogens is 1. The highest BCUT2D eigenvalue weighted by atomic mass is 35.5. The number of ether oxygens (including phenoxy) is 1. The number of carbonyl (C=O) groups is 2. The number of piperidine rings is 4. The van der Waals surface area contributed by atoms with Crippen LogP contribution in [0.1, 0.15) is 42.9 Å².